The molecule has 1 aromatic heterocycles. The van der Waals surface area contributed by atoms with E-state index in [9.17, 15) is 10.1 Å². The van der Waals surface area contributed by atoms with Gasteiger partial charge in [-0.2, -0.15) is 0 Å². The van der Waals surface area contributed by atoms with Crippen molar-refractivity contribution in [3.63, 3.8) is 0 Å². The van der Waals surface area contributed by atoms with E-state index in [1.807, 2.05) is 6.07 Å². The third-order valence-corrected chi connectivity index (χ3v) is 3.98. The summed E-state index contributed by atoms with van der Waals surface area (Å²) in [5, 5.41) is 18.6. The van der Waals surface area contributed by atoms with Crippen LogP contribution in [0.25, 0.3) is 10.9 Å². The lowest BCUT2D eigenvalue weighted by atomic mass is 9.98. The Labute approximate surface area is 122 Å². The molecule has 1 saturated heterocycles. The molecule has 1 aliphatic rings. The Hall–Kier alpha value is -2.21. The lowest BCUT2D eigenvalue weighted by Crippen LogP contribution is -2.31. The van der Waals surface area contributed by atoms with Gasteiger partial charge >= 0.3 is 5.69 Å². The van der Waals surface area contributed by atoms with Gasteiger partial charge in [-0.25, -0.2) is 0 Å². The lowest BCUT2D eigenvalue weighted by Gasteiger charge is -2.23. The van der Waals surface area contributed by atoms with Gasteiger partial charge in [0.25, 0.3) is 0 Å². The monoisotopic (exact) mass is 286 g/mol. The molecule has 2 aromatic rings. The molecule has 0 atom stereocenters. The molecule has 3 rings (SSSR count). The second kappa shape index (κ2) is 6.05. The van der Waals surface area contributed by atoms with Gasteiger partial charge in [0, 0.05) is 12.7 Å². The largest absolute Gasteiger partial charge is 0.379 e. The molecule has 0 aliphatic carbocycles. The Kier molecular flexibility index (Phi) is 3.96. The topological polar surface area (TPSA) is 80.1 Å². The van der Waals surface area contributed by atoms with Gasteiger partial charge in [-0.1, -0.05) is 0 Å². The number of hydrogen-bond acceptors (Lipinski definition) is 5. The highest BCUT2D eigenvalue weighted by atomic mass is 16.6. The molecule has 1 aliphatic heterocycles. The van der Waals surface area contributed by atoms with Crippen molar-refractivity contribution < 1.29 is 4.92 Å². The average Bonchev–Trinajstić information content (AvgIpc) is 2.53. The molecule has 0 amide bonds. The maximum absolute atomic E-state index is 11.4. The van der Waals surface area contributed by atoms with Crippen molar-refractivity contribution >= 4 is 22.3 Å². The number of fused-ring (bicyclic) bond motifs is 1. The molecule has 0 saturated carbocycles. The molecule has 6 heteroatoms. The molecule has 6 nitrogen and oxygen atoms in total. The van der Waals surface area contributed by atoms with Crippen LogP contribution >= 0.6 is 0 Å². The number of anilines is 1. The van der Waals surface area contributed by atoms with Crippen LogP contribution in [0.3, 0.4) is 0 Å². The van der Waals surface area contributed by atoms with Crippen molar-refractivity contribution in [1.82, 2.24) is 10.3 Å². The number of rotatable bonds is 4. The molecule has 0 unspecified atom stereocenters. The summed E-state index contributed by atoms with van der Waals surface area (Å²) >= 11 is 0. The normalized spacial score (nSPS) is 16.0. The molecule has 2 heterocycles. The van der Waals surface area contributed by atoms with Crippen molar-refractivity contribution in [2.75, 3.05) is 25.0 Å². The maximum Gasteiger partial charge on any atom is 0.301 e. The van der Waals surface area contributed by atoms with E-state index < -0.39 is 0 Å². The van der Waals surface area contributed by atoms with Gasteiger partial charge in [0.2, 0.25) is 0 Å². The molecule has 110 valence electrons. The summed E-state index contributed by atoms with van der Waals surface area (Å²) in [6.07, 6.45) is 3.86. The van der Waals surface area contributed by atoms with Crippen molar-refractivity contribution in [3.05, 3.63) is 40.6 Å². The van der Waals surface area contributed by atoms with Crippen LogP contribution in [0, 0.1) is 16.0 Å². The summed E-state index contributed by atoms with van der Waals surface area (Å²) in [6, 6.07) is 7.06. The summed E-state index contributed by atoms with van der Waals surface area (Å²) < 4.78 is 0. The smallest absolute Gasteiger partial charge is 0.301 e. The van der Waals surface area contributed by atoms with Gasteiger partial charge in [0.1, 0.15) is 5.69 Å². The predicted octanol–water partition coefficient (Wildman–Crippen LogP) is 2.55. The third-order valence-electron chi connectivity index (χ3n) is 3.98. The van der Waals surface area contributed by atoms with Crippen molar-refractivity contribution in [2.45, 2.75) is 12.8 Å². The number of benzene rings is 1. The average molecular weight is 286 g/mol. The van der Waals surface area contributed by atoms with Crippen molar-refractivity contribution in [2.24, 2.45) is 5.92 Å². The van der Waals surface area contributed by atoms with Gasteiger partial charge in [-0.3, -0.25) is 15.1 Å². The van der Waals surface area contributed by atoms with Crippen LogP contribution in [0.4, 0.5) is 11.4 Å². The van der Waals surface area contributed by atoms with Crippen LogP contribution in [0.5, 0.6) is 0 Å². The quantitative estimate of drug-likeness (QED) is 0.667. The predicted molar refractivity (Wildman–Crippen MR) is 82.5 cm³/mol. The van der Waals surface area contributed by atoms with E-state index in [-0.39, 0.29) is 10.6 Å². The Bertz CT molecular complexity index is 653. The second-order valence-electron chi connectivity index (χ2n) is 5.36. The van der Waals surface area contributed by atoms with E-state index in [0.29, 0.717) is 22.5 Å². The summed E-state index contributed by atoms with van der Waals surface area (Å²) in [6.45, 7) is 2.82. The number of nitro benzene ring substituents is 1. The third kappa shape index (κ3) is 2.95. The van der Waals surface area contributed by atoms with Gasteiger partial charge in [0.05, 0.1) is 15.8 Å². The van der Waals surface area contributed by atoms with E-state index >= 15 is 0 Å². The van der Waals surface area contributed by atoms with E-state index in [4.69, 9.17) is 0 Å². The number of pyridine rings is 1. The molecule has 0 radical (unpaired) electrons. The minimum atomic E-state index is -0.325. The molecule has 1 aromatic carbocycles. The fourth-order valence-corrected chi connectivity index (χ4v) is 2.82. The zero-order chi connectivity index (χ0) is 14.7. The fraction of sp³-hybridized carbons (Fsp3) is 0.400. The van der Waals surface area contributed by atoms with E-state index in [1.54, 1.807) is 24.4 Å². The van der Waals surface area contributed by atoms with E-state index in [2.05, 4.69) is 15.6 Å². The first-order chi connectivity index (χ1) is 10.3. The zero-order valence-electron chi connectivity index (χ0n) is 11.7. The number of hydrogen-bond donors (Lipinski definition) is 2. The molecule has 21 heavy (non-hydrogen) atoms. The highest BCUT2D eigenvalue weighted by molar-refractivity contribution is 5.94. The summed E-state index contributed by atoms with van der Waals surface area (Å²) in [7, 11) is 0. The highest BCUT2D eigenvalue weighted by Crippen LogP contribution is 2.32. The van der Waals surface area contributed by atoms with Gasteiger partial charge in [0.15, 0.2) is 0 Å². The zero-order valence-corrected chi connectivity index (χ0v) is 11.7. The molecule has 1 fully saturated rings. The van der Waals surface area contributed by atoms with E-state index in [1.165, 1.54) is 0 Å². The van der Waals surface area contributed by atoms with Crippen LogP contribution < -0.4 is 10.6 Å². The lowest BCUT2D eigenvalue weighted by molar-refractivity contribution is -0.382. The van der Waals surface area contributed by atoms with Crippen LogP contribution in [-0.4, -0.2) is 29.5 Å². The molecule has 2 N–H and O–H groups in total. The Morgan fingerprint density at radius 2 is 2.14 bits per heavy atom. The fourth-order valence-electron chi connectivity index (χ4n) is 2.82. The summed E-state index contributed by atoms with van der Waals surface area (Å²) in [4.78, 5) is 15.3. The maximum atomic E-state index is 11.4. The first-order valence-corrected chi connectivity index (χ1v) is 7.22. The molecule has 0 spiro atoms. The van der Waals surface area contributed by atoms with Crippen LogP contribution in [0.1, 0.15) is 12.8 Å². The Balaban J connectivity index is 1.87. The first-order valence-electron chi connectivity index (χ1n) is 7.22. The first kappa shape index (κ1) is 13.8. The number of aromatic nitrogens is 1. The minimum Gasteiger partial charge on any atom is -0.379 e. The number of nitrogens with one attached hydrogen (secondary N) is 2. The number of nitrogens with zero attached hydrogens (tertiary/aromatic N) is 2. The van der Waals surface area contributed by atoms with Gasteiger partial charge < -0.3 is 10.6 Å². The standard InChI is InChI=1S/C15H18N4O2/c20-19(21)15-12-2-1-7-17-13(12)3-4-14(15)18-10-11-5-8-16-9-6-11/h1-4,7,11,16,18H,5-6,8-10H2. The summed E-state index contributed by atoms with van der Waals surface area (Å²) in [5.41, 5.74) is 1.35. The van der Waals surface area contributed by atoms with Gasteiger partial charge in [-0.05, 0) is 56.1 Å². The molecular formula is C15H18N4O2. The van der Waals surface area contributed by atoms with Crippen LogP contribution in [0.2, 0.25) is 0 Å². The molecular weight excluding hydrogens is 268 g/mol. The van der Waals surface area contributed by atoms with Crippen molar-refractivity contribution in [3.8, 4) is 0 Å². The Morgan fingerprint density at radius 1 is 1.33 bits per heavy atom. The SMILES string of the molecule is O=[N+]([O-])c1c(NCC2CCNCC2)ccc2ncccc12. The van der Waals surface area contributed by atoms with Crippen molar-refractivity contribution in [1.29, 1.82) is 0 Å². The number of piperidine rings is 1. The second-order valence-corrected chi connectivity index (χ2v) is 5.36. The highest BCUT2D eigenvalue weighted by Gasteiger charge is 2.20. The van der Waals surface area contributed by atoms with Gasteiger partial charge in [-0.15, -0.1) is 0 Å². The van der Waals surface area contributed by atoms with E-state index in [0.717, 1.165) is 32.5 Å². The van der Waals surface area contributed by atoms with Crippen LogP contribution in [-0.2, 0) is 0 Å². The molecule has 0 bridgehead atoms. The Morgan fingerprint density at radius 3 is 2.90 bits per heavy atom. The van der Waals surface area contributed by atoms with Crippen LogP contribution in [0.15, 0.2) is 30.5 Å². The minimum absolute atomic E-state index is 0.120. The number of nitro groups is 1. The summed E-state index contributed by atoms with van der Waals surface area (Å²) in [5.74, 6) is 0.565.